The van der Waals surface area contributed by atoms with Gasteiger partial charge in [-0.25, -0.2) is 4.79 Å². The van der Waals surface area contributed by atoms with Crippen molar-refractivity contribution in [2.75, 3.05) is 13.7 Å². The van der Waals surface area contributed by atoms with Crippen molar-refractivity contribution in [1.82, 2.24) is 4.90 Å². The molecule has 0 saturated carbocycles. The number of amides is 1. The molecule has 1 saturated heterocycles. The number of aryl methyl sites for hydroxylation is 1. The highest BCUT2D eigenvalue weighted by molar-refractivity contribution is 5.94. The lowest BCUT2D eigenvalue weighted by molar-refractivity contribution is -0.141. The monoisotopic (exact) mass is 267 g/mol. The Balaban J connectivity index is 2.18. The maximum Gasteiger partial charge on any atom is 0.326 e. The predicted molar refractivity (Wildman–Crippen MR) is 66.0 cm³/mol. The zero-order valence-corrected chi connectivity index (χ0v) is 11.0. The molecule has 6 nitrogen and oxygen atoms in total. The Morgan fingerprint density at radius 2 is 2.26 bits per heavy atom. The number of nitrogens with zero attached hydrogens (tertiary/aromatic N) is 1. The van der Waals surface area contributed by atoms with Gasteiger partial charge in [-0.15, -0.1) is 0 Å². The highest BCUT2D eigenvalue weighted by Gasteiger charge is 2.40. The average molecular weight is 267 g/mol. The van der Waals surface area contributed by atoms with Crippen LogP contribution in [-0.2, 0) is 16.0 Å². The van der Waals surface area contributed by atoms with Crippen molar-refractivity contribution in [3.05, 3.63) is 23.7 Å². The first-order valence-electron chi connectivity index (χ1n) is 6.22. The summed E-state index contributed by atoms with van der Waals surface area (Å²) in [6, 6.07) is 2.46. The number of furan rings is 1. The van der Waals surface area contributed by atoms with E-state index in [1.807, 2.05) is 6.92 Å². The SMILES string of the molecule is CCc1ccc(C(=O)N2CC(OC)CC2C(=O)O)o1. The first kappa shape index (κ1) is 13.6. The second-order valence-corrected chi connectivity index (χ2v) is 4.52. The Labute approximate surface area is 110 Å². The maximum atomic E-state index is 12.3. The minimum Gasteiger partial charge on any atom is -0.480 e. The minimum atomic E-state index is -1.02. The molecule has 0 spiro atoms. The van der Waals surface area contributed by atoms with Gasteiger partial charge in [0.05, 0.1) is 6.10 Å². The minimum absolute atomic E-state index is 0.180. The standard InChI is InChI=1S/C13H17NO5/c1-3-8-4-5-11(19-8)12(15)14-7-9(18-2)6-10(14)13(16)17/h4-5,9-10H,3,6-7H2,1-2H3,(H,16,17). The normalized spacial score (nSPS) is 22.7. The number of ether oxygens (including phenoxy) is 1. The van der Waals surface area contributed by atoms with Gasteiger partial charge in [-0.3, -0.25) is 4.79 Å². The van der Waals surface area contributed by atoms with Crippen LogP contribution in [0.2, 0.25) is 0 Å². The number of methoxy groups -OCH3 is 1. The highest BCUT2D eigenvalue weighted by Crippen LogP contribution is 2.23. The summed E-state index contributed by atoms with van der Waals surface area (Å²) in [7, 11) is 1.51. The molecule has 2 unspecified atom stereocenters. The lowest BCUT2D eigenvalue weighted by Gasteiger charge is -2.19. The molecule has 0 radical (unpaired) electrons. The molecule has 0 aliphatic carbocycles. The largest absolute Gasteiger partial charge is 0.480 e. The highest BCUT2D eigenvalue weighted by atomic mass is 16.5. The van der Waals surface area contributed by atoms with Gasteiger partial charge in [0.2, 0.25) is 0 Å². The fourth-order valence-electron chi connectivity index (χ4n) is 2.25. The van der Waals surface area contributed by atoms with E-state index in [1.54, 1.807) is 12.1 Å². The van der Waals surface area contributed by atoms with Crippen LogP contribution in [0.3, 0.4) is 0 Å². The van der Waals surface area contributed by atoms with Crippen LogP contribution in [0.15, 0.2) is 16.5 Å². The third-order valence-corrected chi connectivity index (χ3v) is 3.36. The zero-order chi connectivity index (χ0) is 14.0. The Bertz CT molecular complexity index is 481. The van der Waals surface area contributed by atoms with Crippen molar-refractivity contribution in [2.24, 2.45) is 0 Å². The molecule has 2 rings (SSSR count). The Morgan fingerprint density at radius 3 is 2.79 bits per heavy atom. The van der Waals surface area contributed by atoms with Crippen LogP contribution in [0.1, 0.15) is 29.7 Å². The van der Waals surface area contributed by atoms with Crippen LogP contribution < -0.4 is 0 Å². The molecule has 1 aliphatic rings. The third-order valence-electron chi connectivity index (χ3n) is 3.36. The van der Waals surface area contributed by atoms with E-state index >= 15 is 0 Å². The number of carbonyl (C=O) groups excluding carboxylic acids is 1. The summed E-state index contributed by atoms with van der Waals surface area (Å²) in [5.74, 6) is -0.528. The molecule has 6 heteroatoms. The molecule has 1 aromatic rings. The van der Waals surface area contributed by atoms with E-state index in [0.717, 1.165) is 0 Å². The molecule has 1 fully saturated rings. The third kappa shape index (κ3) is 2.63. The fraction of sp³-hybridized carbons (Fsp3) is 0.538. The molecular formula is C13H17NO5. The van der Waals surface area contributed by atoms with Crippen LogP contribution in [0.5, 0.6) is 0 Å². The first-order valence-corrected chi connectivity index (χ1v) is 6.22. The maximum absolute atomic E-state index is 12.3. The van der Waals surface area contributed by atoms with Gasteiger partial charge in [0.25, 0.3) is 5.91 Å². The van der Waals surface area contributed by atoms with Crippen LogP contribution in [0.25, 0.3) is 0 Å². The molecule has 1 N–H and O–H groups in total. The lowest BCUT2D eigenvalue weighted by atomic mass is 10.2. The topological polar surface area (TPSA) is 80.0 Å². The van der Waals surface area contributed by atoms with E-state index < -0.39 is 17.9 Å². The number of carboxylic acids is 1. The van der Waals surface area contributed by atoms with Crippen molar-refractivity contribution < 1.29 is 23.8 Å². The quantitative estimate of drug-likeness (QED) is 0.885. The molecule has 1 aromatic heterocycles. The summed E-state index contributed by atoms with van der Waals surface area (Å²) >= 11 is 0. The first-order chi connectivity index (χ1) is 9.06. The van der Waals surface area contributed by atoms with Gasteiger partial charge in [0.15, 0.2) is 5.76 Å². The number of hydrogen-bond donors (Lipinski definition) is 1. The van der Waals surface area contributed by atoms with Crippen molar-refractivity contribution >= 4 is 11.9 Å². The van der Waals surface area contributed by atoms with Crippen molar-refractivity contribution in [2.45, 2.75) is 31.9 Å². The fourth-order valence-corrected chi connectivity index (χ4v) is 2.25. The Morgan fingerprint density at radius 1 is 1.53 bits per heavy atom. The molecule has 19 heavy (non-hydrogen) atoms. The van der Waals surface area contributed by atoms with Gasteiger partial charge in [-0.05, 0) is 12.1 Å². The van der Waals surface area contributed by atoms with Crippen LogP contribution in [0, 0.1) is 0 Å². The lowest BCUT2D eigenvalue weighted by Crippen LogP contribution is -2.40. The van der Waals surface area contributed by atoms with Crippen molar-refractivity contribution in [3.8, 4) is 0 Å². The van der Waals surface area contributed by atoms with Gasteiger partial charge < -0.3 is 19.2 Å². The van der Waals surface area contributed by atoms with E-state index in [-0.39, 0.29) is 18.4 Å². The summed E-state index contributed by atoms with van der Waals surface area (Å²) in [6.45, 7) is 2.19. The van der Waals surface area contributed by atoms with E-state index in [1.165, 1.54) is 12.0 Å². The smallest absolute Gasteiger partial charge is 0.326 e. The summed E-state index contributed by atoms with van der Waals surface area (Å²) in [5, 5.41) is 9.16. The Kier molecular flexibility index (Phi) is 3.90. The molecule has 104 valence electrons. The predicted octanol–water partition coefficient (Wildman–Crippen LogP) is 1.16. The summed E-state index contributed by atoms with van der Waals surface area (Å²) in [4.78, 5) is 24.8. The van der Waals surface area contributed by atoms with Crippen LogP contribution >= 0.6 is 0 Å². The zero-order valence-electron chi connectivity index (χ0n) is 11.0. The van der Waals surface area contributed by atoms with E-state index in [2.05, 4.69) is 0 Å². The second-order valence-electron chi connectivity index (χ2n) is 4.52. The van der Waals surface area contributed by atoms with Gasteiger partial charge in [-0.2, -0.15) is 0 Å². The van der Waals surface area contributed by atoms with Gasteiger partial charge in [0, 0.05) is 26.5 Å². The molecule has 2 atom stereocenters. The molecule has 1 amide bonds. The number of hydrogen-bond acceptors (Lipinski definition) is 4. The summed E-state index contributed by atoms with van der Waals surface area (Å²) in [6.07, 6.45) is 0.751. The van der Waals surface area contributed by atoms with Crippen LogP contribution in [0.4, 0.5) is 0 Å². The number of aliphatic carboxylic acids is 1. The summed E-state index contributed by atoms with van der Waals surface area (Å²) < 4.78 is 10.5. The molecule has 1 aliphatic heterocycles. The summed E-state index contributed by atoms with van der Waals surface area (Å²) in [5.41, 5.74) is 0. The van der Waals surface area contributed by atoms with Gasteiger partial charge >= 0.3 is 5.97 Å². The van der Waals surface area contributed by atoms with E-state index in [0.29, 0.717) is 18.6 Å². The van der Waals surface area contributed by atoms with Crippen molar-refractivity contribution in [1.29, 1.82) is 0 Å². The van der Waals surface area contributed by atoms with E-state index in [9.17, 15) is 9.59 Å². The van der Waals surface area contributed by atoms with Gasteiger partial charge in [-0.1, -0.05) is 6.92 Å². The van der Waals surface area contributed by atoms with Crippen molar-refractivity contribution in [3.63, 3.8) is 0 Å². The molecule has 0 aromatic carbocycles. The molecule has 0 bridgehead atoms. The number of rotatable bonds is 4. The molecular weight excluding hydrogens is 250 g/mol. The van der Waals surface area contributed by atoms with Crippen LogP contribution in [-0.4, -0.2) is 47.7 Å². The van der Waals surface area contributed by atoms with E-state index in [4.69, 9.17) is 14.3 Å². The second kappa shape index (κ2) is 5.44. The number of carboxylic acid groups (broad SMARTS) is 1. The molecule has 2 heterocycles. The number of carbonyl (C=O) groups is 2. The Hall–Kier alpha value is -1.82. The van der Waals surface area contributed by atoms with Gasteiger partial charge in [0.1, 0.15) is 11.8 Å². The average Bonchev–Trinajstić information content (AvgIpc) is 3.04. The number of likely N-dealkylation sites (tertiary alicyclic amines) is 1.